The molecule has 2 aromatic rings. The zero-order valence-electron chi connectivity index (χ0n) is 11.7. The summed E-state index contributed by atoms with van der Waals surface area (Å²) in [5.74, 6) is 0.399. The van der Waals surface area contributed by atoms with Crippen molar-refractivity contribution in [1.29, 1.82) is 0 Å². The standard InChI is InChI=1S/C12H18N8O/c13-10-16-11(20-9-14-8-15-20)18-12(17-10)21-7-6-19-4-2-1-3-5-19/h8-9H,1-7H2,(H2,13,16,17,18). The van der Waals surface area contributed by atoms with Gasteiger partial charge in [-0.3, -0.25) is 4.90 Å². The summed E-state index contributed by atoms with van der Waals surface area (Å²) >= 11 is 0. The van der Waals surface area contributed by atoms with Crippen molar-refractivity contribution < 1.29 is 4.74 Å². The molecule has 9 heteroatoms. The average molecular weight is 290 g/mol. The van der Waals surface area contributed by atoms with E-state index in [-0.39, 0.29) is 12.0 Å². The van der Waals surface area contributed by atoms with Crippen molar-refractivity contribution >= 4 is 5.95 Å². The molecule has 0 aromatic carbocycles. The first-order valence-corrected chi connectivity index (χ1v) is 7.03. The summed E-state index contributed by atoms with van der Waals surface area (Å²) in [7, 11) is 0. The van der Waals surface area contributed by atoms with E-state index in [1.165, 1.54) is 36.6 Å². The molecule has 2 N–H and O–H groups in total. The van der Waals surface area contributed by atoms with Gasteiger partial charge in [0, 0.05) is 6.54 Å². The molecule has 0 aliphatic carbocycles. The predicted molar refractivity (Wildman–Crippen MR) is 74.9 cm³/mol. The van der Waals surface area contributed by atoms with Gasteiger partial charge in [0.2, 0.25) is 5.95 Å². The maximum absolute atomic E-state index is 5.67. The van der Waals surface area contributed by atoms with Gasteiger partial charge < -0.3 is 10.5 Å². The van der Waals surface area contributed by atoms with E-state index in [4.69, 9.17) is 10.5 Å². The Labute approximate surface area is 122 Å². The number of nitrogens with zero attached hydrogens (tertiary/aromatic N) is 7. The molecular formula is C12H18N8O. The number of likely N-dealkylation sites (tertiary alicyclic amines) is 1. The van der Waals surface area contributed by atoms with Crippen LogP contribution in [0.3, 0.4) is 0 Å². The number of aromatic nitrogens is 6. The van der Waals surface area contributed by atoms with Crippen molar-refractivity contribution in [3.05, 3.63) is 12.7 Å². The van der Waals surface area contributed by atoms with Gasteiger partial charge in [0.1, 0.15) is 19.3 Å². The highest BCUT2D eigenvalue weighted by atomic mass is 16.5. The number of hydrogen-bond donors (Lipinski definition) is 1. The number of nitrogen functional groups attached to an aromatic ring is 1. The second-order valence-corrected chi connectivity index (χ2v) is 4.87. The van der Waals surface area contributed by atoms with Gasteiger partial charge in [-0.1, -0.05) is 6.42 Å². The Hall–Kier alpha value is -2.29. The second-order valence-electron chi connectivity index (χ2n) is 4.87. The molecule has 21 heavy (non-hydrogen) atoms. The Bertz CT molecular complexity index is 567. The quantitative estimate of drug-likeness (QED) is 0.813. The summed E-state index contributed by atoms with van der Waals surface area (Å²) < 4.78 is 7.00. The highest BCUT2D eigenvalue weighted by Gasteiger charge is 2.11. The molecule has 9 nitrogen and oxygen atoms in total. The lowest BCUT2D eigenvalue weighted by Crippen LogP contribution is -2.33. The van der Waals surface area contributed by atoms with Crippen LogP contribution in [0.1, 0.15) is 19.3 Å². The van der Waals surface area contributed by atoms with Crippen LogP contribution >= 0.6 is 0 Å². The van der Waals surface area contributed by atoms with Gasteiger partial charge in [-0.15, -0.1) is 0 Å². The van der Waals surface area contributed by atoms with E-state index in [1.807, 2.05) is 0 Å². The Balaban J connectivity index is 1.60. The van der Waals surface area contributed by atoms with Gasteiger partial charge >= 0.3 is 6.01 Å². The first kappa shape index (κ1) is 13.7. The van der Waals surface area contributed by atoms with E-state index >= 15 is 0 Å². The summed E-state index contributed by atoms with van der Waals surface area (Å²) in [6.45, 7) is 3.66. The van der Waals surface area contributed by atoms with Crippen LogP contribution in [0.5, 0.6) is 6.01 Å². The van der Waals surface area contributed by atoms with Crippen LogP contribution in [0.25, 0.3) is 5.95 Å². The zero-order valence-corrected chi connectivity index (χ0v) is 11.7. The Morgan fingerprint density at radius 1 is 1.14 bits per heavy atom. The summed E-state index contributed by atoms with van der Waals surface area (Å²) in [4.78, 5) is 18.4. The average Bonchev–Trinajstić information content (AvgIpc) is 3.02. The van der Waals surface area contributed by atoms with Crippen molar-refractivity contribution in [2.45, 2.75) is 19.3 Å². The number of anilines is 1. The van der Waals surface area contributed by atoms with Crippen LogP contribution in [0.4, 0.5) is 5.95 Å². The summed E-state index contributed by atoms with van der Waals surface area (Å²) in [6.07, 6.45) is 6.73. The van der Waals surface area contributed by atoms with Gasteiger partial charge in [0.25, 0.3) is 5.95 Å². The molecule has 0 saturated carbocycles. The lowest BCUT2D eigenvalue weighted by atomic mass is 10.1. The topological polar surface area (TPSA) is 108 Å². The van der Waals surface area contributed by atoms with E-state index in [0.717, 1.165) is 19.6 Å². The largest absolute Gasteiger partial charge is 0.462 e. The first-order chi connectivity index (χ1) is 10.3. The molecule has 1 aliphatic heterocycles. The molecule has 0 unspecified atom stereocenters. The molecule has 3 rings (SSSR count). The SMILES string of the molecule is Nc1nc(OCCN2CCCCC2)nc(-n2cncn2)n1. The van der Waals surface area contributed by atoms with E-state index in [1.54, 1.807) is 0 Å². The number of ether oxygens (including phenoxy) is 1. The van der Waals surface area contributed by atoms with Crippen molar-refractivity contribution in [1.82, 2.24) is 34.6 Å². The summed E-state index contributed by atoms with van der Waals surface area (Å²) in [5, 5.41) is 3.96. The lowest BCUT2D eigenvalue weighted by Gasteiger charge is -2.25. The van der Waals surface area contributed by atoms with Gasteiger partial charge in [-0.2, -0.15) is 24.7 Å². The minimum absolute atomic E-state index is 0.100. The Kier molecular flexibility index (Phi) is 4.20. The smallest absolute Gasteiger partial charge is 0.323 e. The van der Waals surface area contributed by atoms with E-state index in [0.29, 0.717) is 12.6 Å². The molecule has 1 aliphatic rings. The molecular weight excluding hydrogens is 272 g/mol. The van der Waals surface area contributed by atoms with Gasteiger partial charge in [0.05, 0.1) is 0 Å². The van der Waals surface area contributed by atoms with E-state index in [9.17, 15) is 0 Å². The maximum Gasteiger partial charge on any atom is 0.323 e. The van der Waals surface area contributed by atoms with Crippen LogP contribution in [-0.2, 0) is 0 Å². The fourth-order valence-electron chi connectivity index (χ4n) is 2.29. The number of hydrogen-bond acceptors (Lipinski definition) is 8. The fraction of sp³-hybridized carbons (Fsp3) is 0.583. The molecule has 0 bridgehead atoms. The van der Waals surface area contributed by atoms with E-state index in [2.05, 4.69) is 29.9 Å². The summed E-state index contributed by atoms with van der Waals surface area (Å²) in [6, 6.07) is 0.213. The highest BCUT2D eigenvalue weighted by Crippen LogP contribution is 2.10. The zero-order chi connectivity index (χ0) is 14.5. The summed E-state index contributed by atoms with van der Waals surface area (Å²) in [5.41, 5.74) is 5.67. The molecule has 1 saturated heterocycles. The van der Waals surface area contributed by atoms with Crippen LogP contribution in [0.2, 0.25) is 0 Å². The third-order valence-electron chi connectivity index (χ3n) is 3.33. The van der Waals surface area contributed by atoms with Crippen LogP contribution in [-0.4, -0.2) is 60.9 Å². The van der Waals surface area contributed by atoms with Crippen molar-refractivity contribution in [3.63, 3.8) is 0 Å². The van der Waals surface area contributed by atoms with Crippen LogP contribution in [0, 0.1) is 0 Å². The van der Waals surface area contributed by atoms with Gasteiger partial charge in [0.15, 0.2) is 0 Å². The Morgan fingerprint density at radius 2 is 2.00 bits per heavy atom. The van der Waals surface area contributed by atoms with Crippen LogP contribution in [0.15, 0.2) is 12.7 Å². The normalized spacial score (nSPS) is 16.0. The van der Waals surface area contributed by atoms with Crippen molar-refractivity contribution in [2.24, 2.45) is 0 Å². The highest BCUT2D eigenvalue weighted by molar-refractivity contribution is 5.23. The third-order valence-corrected chi connectivity index (χ3v) is 3.33. The molecule has 0 atom stereocenters. The monoisotopic (exact) mass is 290 g/mol. The van der Waals surface area contributed by atoms with Crippen molar-refractivity contribution in [3.8, 4) is 12.0 Å². The molecule has 2 aromatic heterocycles. The van der Waals surface area contributed by atoms with Crippen LogP contribution < -0.4 is 10.5 Å². The first-order valence-electron chi connectivity index (χ1n) is 7.03. The maximum atomic E-state index is 5.67. The number of rotatable bonds is 5. The molecule has 112 valence electrons. The predicted octanol–water partition coefficient (Wildman–Crippen LogP) is -0.101. The lowest BCUT2D eigenvalue weighted by molar-refractivity contribution is 0.177. The minimum Gasteiger partial charge on any atom is -0.462 e. The van der Waals surface area contributed by atoms with Crippen molar-refractivity contribution in [2.75, 3.05) is 32.0 Å². The van der Waals surface area contributed by atoms with Gasteiger partial charge in [-0.25, -0.2) is 4.98 Å². The number of piperidine rings is 1. The molecule has 3 heterocycles. The minimum atomic E-state index is 0.100. The Morgan fingerprint density at radius 3 is 2.76 bits per heavy atom. The second kappa shape index (κ2) is 6.44. The molecule has 1 fully saturated rings. The number of nitrogens with two attached hydrogens (primary N) is 1. The molecule has 0 radical (unpaired) electrons. The van der Waals surface area contributed by atoms with Gasteiger partial charge in [-0.05, 0) is 25.9 Å². The molecule has 0 spiro atoms. The third kappa shape index (κ3) is 3.63. The fourth-order valence-corrected chi connectivity index (χ4v) is 2.29. The van der Waals surface area contributed by atoms with E-state index < -0.39 is 0 Å². The molecule has 0 amide bonds.